The number of ether oxygens (including phenoxy) is 3. The number of hydrogen-bond acceptors (Lipinski definition) is 8. The van der Waals surface area contributed by atoms with Crippen molar-refractivity contribution in [2.75, 3.05) is 39.6 Å². The molecule has 0 aromatic rings. The number of carbonyl (C=O) groups excluding carboxylic acids is 1. The van der Waals surface area contributed by atoms with Crippen LogP contribution in [0.1, 0.15) is 19.8 Å². The molecule has 6 N–H and O–H groups in total. The maximum Gasteiger partial charge on any atom is 0.217 e. The number of aliphatic hydroxyl groups excluding tert-OH is 3. The molecule has 24 heavy (non-hydrogen) atoms. The Morgan fingerprint density at radius 3 is 2.38 bits per heavy atom. The highest BCUT2D eigenvalue weighted by Gasteiger charge is 2.44. The Morgan fingerprint density at radius 2 is 1.79 bits per heavy atom. The van der Waals surface area contributed by atoms with E-state index in [1.165, 1.54) is 6.92 Å². The van der Waals surface area contributed by atoms with Crippen molar-refractivity contribution in [1.29, 1.82) is 0 Å². The van der Waals surface area contributed by atoms with Crippen LogP contribution in [0.15, 0.2) is 0 Å². The van der Waals surface area contributed by atoms with Crippen molar-refractivity contribution in [2.45, 2.75) is 50.2 Å². The number of carbonyl (C=O) groups is 1. The Morgan fingerprint density at radius 1 is 1.12 bits per heavy atom. The predicted molar refractivity (Wildman–Crippen MR) is 85.3 cm³/mol. The highest BCUT2D eigenvalue weighted by Crippen LogP contribution is 2.24. The third kappa shape index (κ3) is 6.98. The number of hydrogen-bond donors (Lipinski definition) is 5. The summed E-state index contributed by atoms with van der Waals surface area (Å²) in [5.41, 5.74) is 5.30. The number of nitrogens with two attached hydrogens (primary N) is 1. The zero-order valence-corrected chi connectivity index (χ0v) is 14.1. The molecule has 9 heteroatoms. The van der Waals surface area contributed by atoms with Gasteiger partial charge >= 0.3 is 0 Å². The Bertz CT molecular complexity index is 359. The van der Waals surface area contributed by atoms with Crippen molar-refractivity contribution in [1.82, 2.24) is 5.32 Å². The van der Waals surface area contributed by atoms with E-state index in [9.17, 15) is 20.1 Å². The average molecular weight is 350 g/mol. The van der Waals surface area contributed by atoms with Gasteiger partial charge in [0.25, 0.3) is 0 Å². The van der Waals surface area contributed by atoms with E-state index in [0.717, 1.165) is 0 Å². The van der Waals surface area contributed by atoms with E-state index < -0.39 is 37.1 Å². The van der Waals surface area contributed by atoms with Gasteiger partial charge in [0.05, 0.1) is 38.6 Å². The highest BCUT2D eigenvalue weighted by molar-refractivity contribution is 5.73. The molecule has 1 rings (SSSR count). The van der Waals surface area contributed by atoms with Crippen molar-refractivity contribution >= 4 is 5.91 Å². The van der Waals surface area contributed by atoms with Crippen LogP contribution in [0.25, 0.3) is 0 Å². The summed E-state index contributed by atoms with van der Waals surface area (Å²) in [6, 6.07) is -0.729. The van der Waals surface area contributed by atoms with E-state index in [0.29, 0.717) is 45.8 Å². The fourth-order valence-electron chi connectivity index (χ4n) is 2.65. The van der Waals surface area contributed by atoms with Gasteiger partial charge in [-0.15, -0.1) is 0 Å². The summed E-state index contributed by atoms with van der Waals surface area (Å²) in [6.07, 6.45) is -2.69. The minimum atomic E-state index is -1.25. The smallest absolute Gasteiger partial charge is 0.217 e. The zero-order valence-electron chi connectivity index (χ0n) is 14.1. The van der Waals surface area contributed by atoms with Gasteiger partial charge in [0.15, 0.2) is 0 Å². The Kier molecular flexibility index (Phi) is 10.3. The largest absolute Gasteiger partial charge is 0.394 e. The van der Waals surface area contributed by atoms with Crippen molar-refractivity contribution in [2.24, 2.45) is 5.73 Å². The summed E-state index contributed by atoms with van der Waals surface area (Å²) in [7, 11) is 0. The molecule has 1 fully saturated rings. The third-order valence-corrected chi connectivity index (χ3v) is 3.81. The molecule has 1 aliphatic heterocycles. The van der Waals surface area contributed by atoms with Gasteiger partial charge < -0.3 is 40.6 Å². The fourth-order valence-corrected chi connectivity index (χ4v) is 2.65. The second-order valence-electron chi connectivity index (χ2n) is 5.76. The van der Waals surface area contributed by atoms with Gasteiger partial charge in [0.1, 0.15) is 18.3 Å². The number of rotatable bonds is 11. The van der Waals surface area contributed by atoms with Gasteiger partial charge in [-0.05, 0) is 12.8 Å². The maximum absolute atomic E-state index is 11.3. The standard InChI is InChI=1S/C15H30N2O7/c1-10(19)17-13-11(24-12(9-18)14(20)15(13)21)3-2-5-22-7-8-23-6-4-16/h11-15,18,20-21H,2-9,16H2,1H3,(H,17,19)/t11-,12-,13+,14+,15-/m1/s1. The molecule has 0 aromatic heterocycles. The molecule has 0 radical (unpaired) electrons. The molecular formula is C15H30N2O7. The first-order valence-corrected chi connectivity index (χ1v) is 8.26. The highest BCUT2D eigenvalue weighted by atomic mass is 16.5. The molecule has 0 unspecified atom stereocenters. The topological polar surface area (TPSA) is 144 Å². The molecule has 1 amide bonds. The van der Waals surface area contributed by atoms with Crippen molar-refractivity contribution in [3.63, 3.8) is 0 Å². The van der Waals surface area contributed by atoms with Gasteiger partial charge in [-0.3, -0.25) is 4.79 Å². The predicted octanol–water partition coefficient (Wildman–Crippen LogP) is -2.26. The fraction of sp³-hybridized carbons (Fsp3) is 0.933. The van der Waals surface area contributed by atoms with Crippen molar-refractivity contribution in [3.05, 3.63) is 0 Å². The number of aliphatic hydroxyl groups is 3. The Hall–Kier alpha value is -0.810. The summed E-state index contributed by atoms with van der Waals surface area (Å²) in [5, 5.41) is 31.9. The van der Waals surface area contributed by atoms with Crippen LogP contribution in [-0.4, -0.2) is 91.3 Å². The van der Waals surface area contributed by atoms with E-state index in [-0.39, 0.29) is 5.91 Å². The van der Waals surface area contributed by atoms with E-state index in [1.807, 2.05) is 0 Å². The van der Waals surface area contributed by atoms with Crippen molar-refractivity contribution in [3.8, 4) is 0 Å². The molecule has 9 nitrogen and oxygen atoms in total. The summed E-state index contributed by atoms with van der Waals surface area (Å²) < 4.78 is 16.2. The second-order valence-corrected chi connectivity index (χ2v) is 5.76. The second kappa shape index (κ2) is 11.7. The molecule has 0 bridgehead atoms. The van der Waals surface area contributed by atoms with E-state index in [4.69, 9.17) is 19.9 Å². The van der Waals surface area contributed by atoms with Crippen LogP contribution in [0.4, 0.5) is 0 Å². The van der Waals surface area contributed by atoms with Crippen LogP contribution in [0.5, 0.6) is 0 Å². The number of nitrogens with one attached hydrogen (secondary N) is 1. The molecule has 142 valence electrons. The molecule has 0 saturated carbocycles. The zero-order chi connectivity index (χ0) is 17.9. The van der Waals surface area contributed by atoms with Gasteiger partial charge in [0.2, 0.25) is 5.91 Å². The van der Waals surface area contributed by atoms with Crippen LogP contribution in [-0.2, 0) is 19.0 Å². The van der Waals surface area contributed by atoms with Crippen molar-refractivity contribution < 1.29 is 34.3 Å². The lowest BCUT2D eigenvalue weighted by Crippen LogP contribution is -2.63. The third-order valence-electron chi connectivity index (χ3n) is 3.81. The Balaban J connectivity index is 2.39. The first-order chi connectivity index (χ1) is 11.5. The van der Waals surface area contributed by atoms with Crippen LogP contribution in [0, 0.1) is 0 Å². The van der Waals surface area contributed by atoms with Gasteiger partial charge in [-0.2, -0.15) is 0 Å². The summed E-state index contributed by atoms with van der Waals surface area (Å²) >= 11 is 0. The lowest BCUT2D eigenvalue weighted by Gasteiger charge is -2.42. The summed E-state index contributed by atoms with van der Waals surface area (Å²) in [6.45, 7) is 3.31. The Labute approximate surface area is 142 Å². The van der Waals surface area contributed by atoms with Crippen LogP contribution < -0.4 is 11.1 Å². The lowest BCUT2D eigenvalue weighted by molar-refractivity contribution is -0.197. The minimum Gasteiger partial charge on any atom is -0.394 e. The van der Waals surface area contributed by atoms with E-state index in [1.54, 1.807) is 0 Å². The summed E-state index contributed by atoms with van der Waals surface area (Å²) in [5.74, 6) is -0.324. The van der Waals surface area contributed by atoms with Crippen LogP contribution in [0.3, 0.4) is 0 Å². The molecular weight excluding hydrogens is 320 g/mol. The first-order valence-electron chi connectivity index (χ1n) is 8.26. The normalized spacial score (nSPS) is 30.3. The van der Waals surface area contributed by atoms with Crippen LogP contribution >= 0.6 is 0 Å². The SMILES string of the molecule is CC(=O)N[C@@H]1[C@@H](O)[C@@H](O)[C@@H](CO)O[C@@H]1CCCOCCOCCN. The first kappa shape index (κ1) is 21.2. The quantitative estimate of drug-likeness (QED) is 0.263. The van der Waals surface area contributed by atoms with E-state index in [2.05, 4.69) is 5.32 Å². The van der Waals surface area contributed by atoms with E-state index >= 15 is 0 Å². The molecule has 0 aliphatic carbocycles. The molecule has 5 atom stereocenters. The molecule has 0 aromatic carbocycles. The minimum absolute atomic E-state index is 0.324. The maximum atomic E-state index is 11.3. The van der Waals surface area contributed by atoms with Gasteiger partial charge in [-0.1, -0.05) is 0 Å². The molecule has 1 heterocycles. The van der Waals surface area contributed by atoms with Gasteiger partial charge in [0, 0.05) is 20.1 Å². The summed E-state index contributed by atoms with van der Waals surface area (Å²) in [4.78, 5) is 11.3. The van der Waals surface area contributed by atoms with Crippen LogP contribution in [0.2, 0.25) is 0 Å². The molecule has 0 spiro atoms. The molecule has 1 saturated heterocycles. The average Bonchev–Trinajstić information content (AvgIpc) is 2.55. The molecule has 1 aliphatic rings. The number of amides is 1. The van der Waals surface area contributed by atoms with Gasteiger partial charge in [-0.25, -0.2) is 0 Å². The monoisotopic (exact) mass is 350 g/mol. The lowest BCUT2D eigenvalue weighted by atomic mass is 9.90.